The zero-order valence-electron chi connectivity index (χ0n) is 12.0. The van der Waals surface area contributed by atoms with Crippen molar-refractivity contribution in [2.24, 2.45) is 23.7 Å². The summed E-state index contributed by atoms with van der Waals surface area (Å²) in [5, 5.41) is 3.86. The second-order valence-electron chi connectivity index (χ2n) is 7.33. The summed E-state index contributed by atoms with van der Waals surface area (Å²) in [6.07, 6.45) is 8.51. The maximum atomic E-state index is 5.60. The van der Waals surface area contributed by atoms with Crippen molar-refractivity contribution in [2.45, 2.75) is 44.6 Å². The number of hydrogen-bond donors (Lipinski definition) is 1. The largest absolute Gasteiger partial charge is 0.493 e. The molecule has 0 aromatic heterocycles. The van der Waals surface area contributed by atoms with E-state index in [0.29, 0.717) is 0 Å². The molecule has 0 radical (unpaired) electrons. The predicted molar refractivity (Wildman–Crippen MR) is 80.1 cm³/mol. The summed E-state index contributed by atoms with van der Waals surface area (Å²) in [4.78, 5) is 0. The van der Waals surface area contributed by atoms with Crippen LogP contribution >= 0.6 is 0 Å². The summed E-state index contributed by atoms with van der Waals surface area (Å²) in [6, 6.07) is 7.42. The van der Waals surface area contributed by atoms with Gasteiger partial charge in [0.25, 0.3) is 0 Å². The number of hydrogen-bond acceptors (Lipinski definition) is 2. The molecule has 106 valence electrons. The maximum Gasteiger partial charge on any atom is 0.122 e. The second-order valence-corrected chi connectivity index (χ2v) is 7.33. The summed E-state index contributed by atoms with van der Waals surface area (Å²) in [5.74, 6) is 5.22. The number of rotatable bonds is 2. The molecular weight excluding hydrogens is 246 g/mol. The Morgan fingerprint density at radius 3 is 3.00 bits per heavy atom. The number of ether oxygens (including phenoxy) is 1. The monoisotopic (exact) mass is 269 g/mol. The molecule has 1 aromatic rings. The van der Waals surface area contributed by atoms with Crippen LogP contribution in [0.4, 0.5) is 5.69 Å². The quantitative estimate of drug-likeness (QED) is 0.880. The van der Waals surface area contributed by atoms with E-state index in [0.717, 1.165) is 48.5 Å². The van der Waals surface area contributed by atoms with Crippen molar-refractivity contribution in [1.29, 1.82) is 0 Å². The predicted octanol–water partition coefficient (Wildman–Crippen LogP) is 3.86. The van der Waals surface area contributed by atoms with Gasteiger partial charge in [-0.05, 0) is 73.1 Å². The van der Waals surface area contributed by atoms with E-state index in [2.05, 4.69) is 23.5 Å². The van der Waals surface area contributed by atoms with Crippen molar-refractivity contribution >= 4 is 5.69 Å². The third kappa shape index (κ3) is 1.57. The molecule has 5 atom stereocenters. The Kier molecular flexibility index (Phi) is 2.39. The van der Waals surface area contributed by atoms with Crippen LogP contribution in [0.2, 0.25) is 0 Å². The molecule has 0 amide bonds. The molecule has 3 aliphatic carbocycles. The van der Waals surface area contributed by atoms with Crippen LogP contribution in [0, 0.1) is 23.7 Å². The molecule has 3 saturated carbocycles. The van der Waals surface area contributed by atoms with Gasteiger partial charge in [-0.15, -0.1) is 0 Å². The Bertz CT molecular complexity index is 540. The van der Waals surface area contributed by atoms with Gasteiger partial charge in [0.15, 0.2) is 0 Å². The van der Waals surface area contributed by atoms with Crippen molar-refractivity contribution in [3.63, 3.8) is 0 Å². The van der Waals surface area contributed by atoms with E-state index in [1.807, 2.05) is 0 Å². The van der Waals surface area contributed by atoms with Crippen molar-refractivity contribution in [3.8, 4) is 5.75 Å². The zero-order valence-corrected chi connectivity index (χ0v) is 12.0. The average molecular weight is 269 g/mol. The first kappa shape index (κ1) is 11.5. The molecular formula is C18H23NO. The normalized spacial score (nSPS) is 40.5. The lowest BCUT2D eigenvalue weighted by Gasteiger charge is -2.32. The first-order chi connectivity index (χ1) is 9.88. The molecule has 1 heterocycles. The van der Waals surface area contributed by atoms with Gasteiger partial charge in [-0.25, -0.2) is 0 Å². The van der Waals surface area contributed by atoms with Crippen LogP contribution in [-0.2, 0) is 6.42 Å². The molecule has 3 fully saturated rings. The molecule has 2 bridgehead atoms. The average Bonchev–Trinajstić information content (AvgIpc) is 3.20. The molecule has 0 saturated heterocycles. The van der Waals surface area contributed by atoms with Crippen LogP contribution in [0.15, 0.2) is 18.2 Å². The van der Waals surface area contributed by atoms with E-state index in [9.17, 15) is 0 Å². The molecule has 1 N–H and O–H groups in total. The highest BCUT2D eigenvalue weighted by Gasteiger charge is 2.53. The first-order valence-corrected chi connectivity index (χ1v) is 8.41. The Morgan fingerprint density at radius 1 is 1.05 bits per heavy atom. The van der Waals surface area contributed by atoms with Gasteiger partial charge in [-0.2, -0.15) is 0 Å². The Labute approximate surface area is 120 Å². The minimum Gasteiger partial charge on any atom is -0.493 e. The molecule has 0 spiro atoms. The minimum atomic E-state index is 0.736. The van der Waals surface area contributed by atoms with Crippen LogP contribution in [0.25, 0.3) is 0 Å². The van der Waals surface area contributed by atoms with Gasteiger partial charge >= 0.3 is 0 Å². The summed E-state index contributed by atoms with van der Waals surface area (Å²) in [7, 11) is 0. The van der Waals surface area contributed by atoms with Crippen LogP contribution in [-0.4, -0.2) is 12.6 Å². The molecule has 2 nitrogen and oxygen atoms in total. The van der Waals surface area contributed by atoms with Gasteiger partial charge in [0.2, 0.25) is 0 Å². The molecule has 5 rings (SSSR count). The zero-order chi connectivity index (χ0) is 13.1. The van der Waals surface area contributed by atoms with Gasteiger partial charge in [0, 0.05) is 18.2 Å². The smallest absolute Gasteiger partial charge is 0.122 e. The van der Waals surface area contributed by atoms with Crippen LogP contribution in [0.1, 0.15) is 37.7 Å². The van der Waals surface area contributed by atoms with Gasteiger partial charge in [0.05, 0.1) is 6.61 Å². The number of nitrogens with one attached hydrogen (secondary N) is 1. The first-order valence-electron chi connectivity index (χ1n) is 8.41. The van der Waals surface area contributed by atoms with E-state index in [1.54, 1.807) is 0 Å². The van der Waals surface area contributed by atoms with Crippen molar-refractivity contribution in [2.75, 3.05) is 11.9 Å². The lowest BCUT2D eigenvalue weighted by atomic mass is 9.79. The lowest BCUT2D eigenvalue weighted by Crippen LogP contribution is -2.33. The molecule has 5 unspecified atom stereocenters. The topological polar surface area (TPSA) is 21.3 Å². The van der Waals surface area contributed by atoms with Crippen molar-refractivity contribution in [1.82, 2.24) is 0 Å². The Hall–Kier alpha value is -1.18. The fourth-order valence-corrected chi connectivity index (χ4v) is 5.72. The molecule has 20 heavy (non-hydrogen) atoms. The highest BCUT2D eigenvalue weighted by molar-refractivity contribution is 5.53. The number of benzene rings is 1. The lowest BCUT2D eigenvalue weighted by molar-refractivity contribution is 0.243. The third-order valence-electron chi connectivity index (χ3n) is 6.47. The summed E-state index contributed by atoms with van der Waals surface area (Å²) in [5.41, 5.74) is 2.71. The third-order valence-corrected chi connectivity index (χ3v) is 6.47. The molecule has 4 aliphatic rings. The number of anilines is 1. The number of fused-ring (bicyclic) bond motifs is 6. The van der Waals surface area contributed by atoms with Crippen LogP contribution < -0.4 is 10.1 Å². The Balaban J connectivity index is 1.35. The highest BCUT2D eigenvalue weighted by Crippen LogP contribution is 2.59. The standard InChI is InChI=1S/C18H23NO/c1-2-14-12-9-16(15(14)3-1)17(10-12)19-13-4-5-18-11(8-13)6-7-20-18/h4-5,8,12,14-17,19H,1-3,6-7,9-10H2. The van der Waals surface area contributed by atoms with E-state index >= 15 is 0 Å². The summed E-state index contributed by atoms with van der Waals surface area (Å²) in [6.45, 7) is 0.858. The van der Waals surface area contributed by atoms with Gasteiger partial charge in [-0.3, -0.25) is 0 Å². The summed E-state index contributed by atoms with van der Waals surface area (Å²) < 4.78 is 5.60. The molecule has 1 aromatic carbocycles. The van der Waals surface area contributed by atoms with E-state index < -0.39 is 0 Å². The van der Waals surface area contributed by atoms with Crippen molar-refractivity contribution < 1.29 is 4.74 Å². The maximum absolute atomic E-state index is 5.60. The highest BCUT2D eigenvalue weighted by atomic mass is 16.5. The van der Waals surface area contributed by atoms with E-state index in [-0.39, 0.29) is 0 Å². The van der Waals surface area contributed by atoms with E-state index in [4.69, 9.17) is 4.74 Å². The SMILES string of the molecule is c1cc2c(cc1NC1CC3CC1C1CCCC31)CCO2. The molecule has 1 aliphatic heterocycles. The van der Waals surface area contributed by atoms with Gasteiger partial charge in [-0.1, -0.05) is 6.42 Å². The van der Waals surface area contributed by atoms with Crippen LogP contribution in [0.5, 0.6) is 5.75 Å². The van der Waals surface area contributed by atoms with Gasteiger partial charge in [0.1, 0.15) is 5.75 Å². The second kappa shape index (κ2) is 4.16. The van der Waals surface area contributed by atoms with Crippen LogP contribution in [0.3, 0.4) is 0 Å². The fourth-order valence-electron chi connectivity index (χ4n) is 5.72. The minimum absolute atomic E-state index is 0.736. The molecule has 2 heteroatoms. The summed E-state index contributed by atoms with van der Waals surface area (Å²) >= 11 is 0. The Morgan fingerprint density at radius 2 is 2.00 bits per heavy atom. The van der Waals surface area contributed by atoms with E-state index in [1.165, 1.54) is 43.4 Å². The van der Waals surface area contributed by atoms with Gasteiger partial charge < -0.3 is 10.1 Å². The van der Waals surface area contributed by atoms with Crippen molar-refractivity contribution in [3.05, 3.63) is 23.8 Å². The fraction of sp³-hybridized carbons (Fsp3) is 0.667.